The van der Waals surface area contributed by atoms with Crippen LogP contribution in [-0.4, -0.2) is 54.3 Å². The molecule has 1 fully saturated rings. The van der Waals surface area contributed by atoms with Crippen molar-refractivity contribution in [2.24, 2.45) is 0 Å². The van der Waals surface area contributed by atoms with Crippen LogP contribution in [0.3, 0.4) is 0 Å². The zero-order valence-electron chi connectivity index (χ0n) is 18.8. The number of nitrogens with one attached hydrogen (secondary N) is 1. The number of fused-ring (bicyclic) bond motifs is 1. The predicted octanol–water partition coefficient (Wildman–Crippen LogP) is 2.79. The van der Waals surface area contributed by atoms with Crippen LogP contribution in [0.25, 0.3) is 10.9 Å². The van der Waals surface area contributed by atoms with Gasteiger partial charge in [-0.3, -0.25) is 0 Å². The zero-order chi connectivity index (χ0) is 23.2. The Morgan fingerprint density at radius 1 is 1.24 bits per heavy atom. The van der Waals surface area contributed by atoms with Gasteiger partial charge in [-0.1, -0.05) is 0 Å². The normalized spacial score (nSPS) is 13.3. The van der Waals surface area contributed by atoms with Crippen LogP contribution in [0.15, 0.2) is 42.6 Å². The molecule has 0 bridgehead atoms. The Kier molecular flexibility index (Phi) is 9.53. The second kappa shape index (κ2) is 12.4. The first-order chi connectivity index (χ1) is 16.1. The third kappa shape index (κ3) is 5.81. The van der Waals surface area contributed by atoms with Crippen LogP contribution in [-0.2, 0) is 49.7 Å². The standard InChI is InChI=1S/C25H22N5O2.V.Y/c1-3-13-32-24-14-21-22(15-23(24)31-2)27-17-19(16-26)25(21)30-11-9-29(10-12-30)18-28-20-7-5-4-6-8-20;;/h1,5-8,14-15,17,28H,9-13H2,2H3;;/q-1;;. The summed E-state index contributed by atoms with van der Waals surface area (Å²) < 4.78 is 12.2. The molecule has 1 radical (unpaired) electrons. The monoisotopic (exact) mass is 564 g/mol. The van der Waals surface area contributed by atoms with Gasteiger partial charge in [-0.15, -0.1) is 6.42 Å². The average Bonchev–Trinajstić information content (AvgIpc) is 2.86. The molecule has 9 heteroatoms. The van der Waals surface area contributed by atoms with Crippen LogP contribution in [0.4, 0.5) is 11.4 Å². The van der Waals surface area contributed by atoms with Crippen LogP contribution < -0.4 is 19.7 Å². The van der Waals surface area contributed by atoms with Crippen molar-refractivity contribution in [3.05, 3.63) is 54.2 Å². The number of ether oxygens (including phenoxy) is 2. The van der Waals surface area contributed by atoms with Crippen molar-refractivity contribution in [3.63, 3.8) is 0 Å². The fourth-order valence-electron chi connectivity index (χ4n) is 3.82. The molecule has 1 aliphatic rings. The van der Waals surface area contributed by atoms with Gasteiger partial charge in [0, 0.05) is 32.7 Å². The molecule has 1 aliphatic heterocycles. The molecule has 3 aromatic rings. The first-order valence-corrected chi connectivity index (χ1v) is 11.1. The topological polar surface area (TPSA) is 73.7 Å². The third-order valence-corrected chi connectivity index (χ3v) is 6.04. The molecule has 2 aromatic carbocycles. The van der Waals surface area contributed by atoms with Gasteiger partial charge in [0.2, 0.25) is 0 Å². The maximum atomic E-state index is 9.80. The number of aromatic nitrogens is 1. The number of benzene rings is 2. The number of anilines is 2. The number of pyridine rings is 1. The number of hydrogen-bond acceptors (Lipinski definition) is 7. The van der Waals surface area contributed by atoms with Gasteiger partial charge in [0.1, 0.15) is 0 Å². The number of rotatable bonds is 7. The van der Waals surface area contributed by atoms with Crippen molar-refractivity contribution in [2.45, 2.75) is 0 Å². The molecule has 4 rings (SSSR count). The van der Waals surface area contributed by atoms with E-state index in [-0.39, 0.29) is 39.3 Å². The minimum absolute atomic E-state index is 0. The molecule has 7 nitrogen and oxygen atoms in total. The molecule has 0 atom stereocenters. The molecule has 0 unspecified atom stereocenters. The van der Waals surface area contributed by atoms with Gasteiger partial charge >= 0.3 is 196 Å². The Balaban J connectivity index is 0.00000324. The predicted molar refractivity (Wildman–Crippen MR) is 125 cm³/mol. The van der Waals surface area contributed by atoms with E-state index in [1.54, 1.807) is 13.3 Å². The van der Waals surface area contributed by atoms with Gasteiger partial charge < -0.3 is 0 Å². The van der Waals surface area contributed by atoms with Crippen LogP contribution in [0.5, 0.6) is 11.5 Å². The maximum absolute atomic E-state index is 9.80. The van der Waals surface area contributed by atoms with Crippen LogP contribution in [0, 0.1) is 29.7 Å². The fourth-order valence-corrected chi connectivity index (χ4v) is 4.33. The molecule has 34 heavy (non-hydrogen) atoms. The zero-order valence-corrected chi connectivity index (χ0v) is 23.0. The Morgan fingerprint density at radius 3 is 2.62 bits per heavy atom. The van der Waals surface area contributed by atoms with Gasteiger partial charge in [-0.2, -0.15) is 0 Å². The summed E-state index contributed by atoms with van der Waals surface area (Å²) >= 11 is 2.61. The summed E-state index contributed by atoms with van der Waals surface area (Å²) in [5.74, 6) is 3.56. The number of terminal acetylenes is 1. The number of hydrogen-bond donors (Lipinski definition) is 1. The molecule has 1 saturated heterocycles. The molecular weight excluding hydrogens is 542 g/mol. The van der Waals surface area contributed by atoms with Crippen LogP contribution in [0.1, 0.15) is 5.56 Å². The van der Waals surface area contributed by atoms with Crippen molar-refractivity contribution in [1.82, 2.24) is 9.88 Å². The van der Waals surface area contributed by atoms with Crippen molar-refractivity contribution in [3.8, 4) is 29.9 Å². The Labute approximate surface area is 233 Å². The van der Waals surface area contributed by atoms with Gasteiger partial charge in [-0.05, 0) is 0 Å². The summed E-state index contributed by atoms with van der Waals surface area (Å²) in [6.45, 7) is 3.25. The third-order valence-electron chi connectivity index (χ3n) is 5.43. The van der Waals surface area contributed by atoms with E-state index in [9.17, 15) is 5.26 Å². The summed E-state index contributed by atoms with van der Waals surface area (Å²) in [7, 11) is 1.58. The van der Waals surface area contributed by atoms with E-state index in [0.29, 0.717) is 17.1 Å². The molecule has 0 spiro atoms. The van der Waals surface area contributed by atoms with Crippen LogP contribution in [0.2, 0.25) is 0 Å². The summed E-state index contributed by atoms with van der Waals surface area (Å²) in [6, 6.07) is 16.7. The quantitative estimate of drug-likeness (QED) is 0.350. The molecule has 1 aromatic heterocycles. The molecule has 0 amide bonds. The first kappa shape index (κ1) is 26.2. The molecule has 0 aliphatic carbocycles. The SMILES string of the molecule is C#CCOc1cc2c(N3CCN([C](=[V])Nc4cc[c-]cc4)CC3)c(C#N)cnc2cc1OC.[Y]. The van der Waals surface area contributed by atoms with E-state index in [2.05, 4.69) is 55.1 Å². The van der Waals surface area contributed by atoms with Crippen LogP contribution >= 0.6 is 0 Å². The number of methoxy groups -OCH3 is 1. The summed E-state index contributed by atoms with van der Waals surface area (Å²) in [4.78, 5) is 8.99. The molecular formula is C25H22N5O2VY-. The number of nitriles is 1. The summed E-state index contributed by atoms with van der Waals surface area (Å²) in [6.07, 6.45) is 6.98. The van der Waals surface area contributed by atoms with Crippen molar-refractivity contribution in [2.75, 3.05) is 50.1 Å². The van der Waals surface area contributed by atoms with Gasteiger partial charge in [0.15, 0.2) is 0 Å². The number of nitrogens with zero attached hydrogens (tertiary/aromatic N) is 4. The fraction of sp³-hybridized carbons (Fsp3) is 0.240. The Bertz CT molecular complexity index is 1250. The van der Waals surface area contributed by atoms with Gasteiger partial charge in [0.05, 0.1) is 0 Å². The summed E-state index contributed by atoms with van der Waals surface area (Å²) in [5, 5.41) is 14.1. The Morgan fingerprint density at radius 2 is 1.97 bits per heavy atom. The second-order valence-electron chi connectivity index (χ2n) is 7.36. The minimum Gasteiger partial charge on any atom is 0 e. The molecule has 168 valence electrons. The average molecular weight is 564 g/mol. The molecule has 2 heterocycles. The van der Waals surface area contributed by atoms with E-state index >= 15 is 0 Å². The van der Waals surface area contributed by atoms with E-state index < -0.39 is 0 Å². The van der Waals surface area contributed by atoms with E-state index in [1.807, 2.05) is 36.4 Å². The minimum atomic E-state index is 0. The van der Waals surface area contributed by atoms with Crippen molar-refractivity contribution >= 4 is 26.8 Å². The van der Waals surface area contributed by atoms with E-state index in [1.165, 1.54) is 0 Å². The molecule has 0 saturated carbocycles. The first-order valence-electron chi connectivity index (χ1n) is 10.4. The smallest absolute Gasteiger partial charge is 0 e. The Hall–Kier alpha value is -2.38. The van der Waals surface area contributed by atoms with Gasteiger partial charge in [-0.25, -0.2) is 0 Å². The van der Waals surface area contributed by atoms with Gasteiger partial charge in [0.25, 0.3) is 0 Å². The molecule has 1 N–H and O–H groups in total. The second-order valence-corrected chi connectivity index (χ2v) is 8.02. The van der Waals surface area contributed by atoms with E-state index in [4.69, 9.17) is 15.9 Å². The van der Waals surface area contributed by atoms with E-state index in [0.717, 1.165) is 52.9 Å². The summed E-state index contributed by atoms with van der Waals surface area (Å²) in [5.41, 5.74) is 3.14. The number of piperazine rings is 1. The van der Waals surface area contributed by atoms with Crippen molar-refractivity contribution in [1.29, 1.82) is 5.26 Å². The van der Waals surface area contributed by atoms with Crippen molar-refractivity contribution < 1.29 is 59.2 Å².